The molecule has 118 valence electrons. The van der Waals surface area contributed by atoms with E-state index < -0.39 is 0 Å². The Hall–Kier alpha value is -1.65. The molecule has 0 saturated heterocycles. The number of hydrogen-bond donors (Lipinski definition) is 2. The highest BCUT2D eigenvalue weighted by Crippen LogP contribution is 2.36. The number of aliphatic hydroxyl groups is 1. The summed E-state index contributed by atoms with van der Waals surface area (Å²) in [6.07, 6.45) is 8.14. The number of nitrogens with one attached hydrogen (secondary N) is 1. The molecule has 0 aliphatic heterocycles. The average molecular weight is 299 g/mol. The van der Waals surface area contributed by atoms with Crippen LogP contribution in [0.4, 0.5) is 0 Å². The fourth-order valence-electron chi connectivity index (χ4n) is 3.47. The molecule has 1 aromatic carbocycles. The molecule has 3 rings (SSSR count). The highest BCUT2D eigenvalue weighted by Gasteiger charge is 2.37. The van der Waals surface area contributed by atoms with Crippen molar-refractivity contribution in [2.45, 2.75) is 44.7 Å². The van der Waals surface area contributed by atoms with E-state index in [0.29, 0.717) is 0 Å². The highest BCUT2D eigenvalue weighted by molar-refractivity contribution is 5.38. The summed E-state index contributed by atoms with van der Waals surface area (Å²) in [5.74, 6) is 1.07. The van der Waals surface area contributed by atoms with Crippen LogP contribution < -0.4 is 5.32 Å². The number of unbranched alkanes of at least 4 members (excludes halogenated alkanes) is 1. The minimum Gasteiger partial charge on any atom is -0.394 e. The van der Waals surface area contributed by atoms with Crippen molar-refractivity contribution < 1.29 is 5.11 Å². The molecule has 0 amide bonds. The summed E-state index contributed by atoms with van der Waals surface area (Å²) in [6.45, 7) is 4.15. The number of fused-ring (bicyclic) bond motifs is 1. The van der Waals surface area contributed by atoms with Crippen LogP contribution in [0.25, 0.3) is 0 Å². The lowest BCUT2D eigenvalue weighted by Gasteiger charge is -2.30. The lowest BCUT2D eigenvalue weighted by atomic mass is 9.92. The maximum atomic E-state index is 9.93. The first-order chi connectivity index (χ1) is 10.7. The molecule has 0 spiro atoms. The molecule has 1 unspecified atom stereocenters. The molecule has 1 aliphatic carbocycles. The molecule has 0 fully saturated rings. The molecule has 22 heavy (non-hydrogen) atoms. The SMILES string of the molecule is Cc1nccn1CCCCNC1(CO)CCc2ccccc21. The highest BCUT2D eigenvalue weighted by atomic mass is 16.3. The summed E-state index contributed by atoms with van der Waals surface area (Å²) < 4.78 is 2.19. The quantitative estimate of drug-likeness (QED) is 0.772. The van der Waals surface area contributed by atoms with Gasteiger partial charge in [0.2, 0.25) is 0 Å². The first-order valence-electron chi connectivity index (χ1n) is 8.17. The molecule has 2 N–H and O–H groups in total. The summed E-state index contributed by atoms with van der Waals surface area (Å²) >= 11 is 0. The van der Waals surface area contributed by atoms with Crippen LogP contribution in [-0.2, 0) is 18.5 Å². The molecule has 1 heterocycles. The van der Waals surface area contributed by atoms with Crippen LogP contribution in [0.15, 0.2) is 36.7 Å². The minimum absolute atomic E-state index is 0.171. The summed E-state index contributed by atoms with van der Waals surface area (Å²) in [4.78, 5) is 4.24. The lowest BCUT2D eigenvalue weighted by molar-refractivity contribution is 0.160. The Morgan fingerprint density at radius 1 is 1.32 bits per heavy atom. The molecular weight excluding hydrogens is 274 g/mol. The number of benzene rings is 1. The normalized spacial score (nSPS) is 20.3. The third-order valence-corrected chi connectivity index (χ3v) is 4.84. The Bertz CT molecular complexity index is 622. The van der Waals surface area contributed by atoms with E-state index in [2.05, 4.69) is 39.1 Å². The monoisotopic (exact) mass is 299 g/mol. The van der Waals surface area contributed by atoms with Gasteiger partial charge in [-0.15, -0.1) is 0 Å². The fraction of sp³-hybridized carbons (Fsp3) is 0.500. The Kier molecular flexibility index (Phi) is 4.60. The third-order valence-electron chi connectivity index (χ3n) is 4.84. The second-order valence-electron chi connectivity index (χ2n) is 6.20. The van der Waals surface area contributed by atoms with Gasteiger partial charge in [-0.2, -0.15) is 0 Å². The summed E-state index contributed by atoms with van der Waals surface area (Å²) in [5.41, 5.74) is 2.42. The van der Waals surface area contributed by atoms with Gasteiger partial charge in [-0.3, -0.25) is 0 Å². The van der Waals surface area contributed by atoms with Gasteiger partial charge >= 0.3 is 0 Å². The lowest BCUT2D eigenvalue weighted by Crippen LogP contribution is -2.44. The van der Waals surface area contributed by atoms with Crippen LogP contribution in [0, 0.1) is 6.92 Å². The van der Waals surface area contributed by atoms with E-state index in [1.807, 2.05) is 19.3 Å². The summed E-state index contributed by atoms with van der Waals surface area (Å²) in [5, 5.41) is 13.6. The molecule has 0 saturated carbocycles. The van der Waals surface area contributed by atoms with E-state index in [1.165, 1.54) is 11.1 Å². The molecule has 0 bridgehead atoms. The standard InChI is InChI=1S/C18H25N3O/c1-15-19-11-13-21(15)12-5-4-10-20-18(14-22)9-8-16-6-2-3-7-17(16)18/h2-3,6-7,11,13,20,22H,4-5,8-10,12,14H2,1H3. The van der Waals surface area contributed by atoms with Crippen molar-refractivity contribution >= 4 is 0 Å². The predicted molar refractivity (Wildman–Crippen MR) is 87.7 cm³/mol. The van der Waals surface area contributed by atoms with E-state index in [0.717, 1.165) is 44.6 Å². The average Bonchev–Trinajstić information content (AvgIpc) is 3.12. The molecule has 1 aromatic heterocycles. The van der Waals surface area contributed by atoms with Crippen molar-refractivity contribution in [3.8, 4) is 0 Å². The van der Waals surface area contributed by atoms with E-state index >= 15 is 0 Å². The van der Waals surface area contributed by atoms with Crippen molar-refractivity contribution in [1.29, 1.82) is 0 Å². The topological polar surface area (TPSA) is 50.1 Å². The van der Waals surface area contributed by atoms with E-state index in [1.54, 1.807) is 0 Å². The molecule has 4 heteroatoms. The molecule has 0 radical (unpaired) electrons. The zero-order valence-electron chi connectivity index (χ0n) is 13.3. The van der Waals surface area contributed by atoms with Gasteiger partial charge < -0.3 is 15.0 Å². The van der Waals surface area contributed by atoms with E-state index in [-0.39, 0.29) is 12.1 Å². The Labute approximate surface area is 132 Å². The number of aromatic nitrogens is 2. The van der Waals surface area contributed by atoms with Crippen molar-refractivity contribution in [1.82, 2.24) is 14.9 Å². The first-order valence-corrected chi connectivity index (χ1v) is 8.17. The van der Waals surface area contributed by atoms with Crippen LogP contribution >= 0.6 is 0 Å². The number of rotatable bonds is 7. The zero-order chi connectivity index (χ0) is 15.4. The minimum atomic E-state index is -0.235. The Morgan fingerprint density at radius 2 is 2.18 bits per heavy atom. The van der Waals surface area contributed by atoms with Crippen LogP contribution in [0.2, 0.25) is 0 Å². The van der Waals surface area contributed by atoms with Gasteiger partial charge in [0.05, 0.1) is 12.1 Å². The zero-order valence-corrected chi connectivity index (χ0v) is 13.3. The second-order valence-corrected chi connectivity index (χ2v) is 6.20. The first kappa shape index (κ1) is 15.3. The Morgan fingerprint density at radius 3 is 2.95 bits per heavy atom. The number of imidazole rings is 1. The molecule has 1 aliphatic rings. The number of aliphatic hydroxyl groups excluding tert-OH is 1. The van der Waals surface area contributed by atoms with Crippen LogP contribution in [-0.4, -0.2) is 27.8 Å². The number of hydrogen-bond acceptors (Lipinski definition) is 3. The largest absolute Gasteiger partial charge is 0.394 e. The van der Waals surface area contributed by atoms with Gasteiger partial charge in [0, 0.05) is 18.9 Å². The fourth-order valence-corrected chi connectivity index (χ4v) is 3.47. The number of nitrogens with zero attached hydrogens (tertiary/aromatic N) is 2. The van der Waals surface area contributed by atoms with Gasteiger partial charge in [0.25, 0.3) is 0 Å². The van der Waals surface area contributed by atoms with Crippen LogP contribution in [0.1, 0.15) is 36.2 Å². The molecule has 4 nitrogen and oxygen atoms in total. The van der Waals surface area contributed by atoms with Gasteiger partial charge in [-0.25, -0.2) is 4.98 Å². The maximum Gasteiger partial charge on any atom is 0.105 e. The van der Waals surface area contributed by atoms with Crippen molar-refractivity contribution in [2.24, 2.45) is 0 Å². The van der Waals surface area contributed by atoms with Crippen molar-refractivity contribution in [2.75, 3.05) is 13.2 Å². The van der Waals surface area contributed by atoms with E-state index in [4.69, 9.17) is 0 Å². The third kappa shape index (κ3) is 2.94. The van der Waals surface area contributed by atoms with Gasteiger partial charge in [-0.1, -0.05) is 24.3 Å². The van der Waals surface area contributed by atoms with Crippen molar-refractivity contribution in [3.63, 3.8) is 0 Å². The Balaban J connectivity index is 1.51. The maximum absolute atomic E-state index is 9.93. The molecule has 1 atom stereocenters. The van der Waals surface area contributed by atoms with E-state index in [9.17, 15) is 5.11 Å². The molecular formula is C18H25N3O. The van der Waals surface area contributed by atoms with Gasteiger partial charge in [-0.05, 0) is 50.3 Å². The summed E-state index contributed by atoms with van der Waals surface area (Å²) in [7, 11) is 0. The van der Waals surface area contributed by atoms with Gasteiger partial charge in [0.1, 0.15) is 5.82 Å². The van der Waals surface area contributed by atoms with Crippen LogP contribution in [0.3, 0.4) is 0 Å². The van der Waals surface area contributed by atoms with Crippen LogP contribution in [0.5, 0.6) is 0 Å². The van der Waals surface area contributed by atoms with Gasteiger partial charge in [0.15, 0.2) is 0 Å². The van der Waals surface area contributed by atoms with Crippen molar-refractivity contribution in [3.05, 3.63) is 53.6 Å². The summed E-state index contributed by atoms with van der Waals surface area (Å²) in [6, 6.07) is 8.48. The molecule has 2 aromatic rings. The smallest absolute Gasteiger partial charge is 0.105 e. The number of aryl methyl sites for hydroxylation is 3. The predicted octanol–water partition coefficient (Wildman–Crippen LogP) is 2.40. The second kappa shape index (κ2) is 6.63.